The molecule has 0 saturated heterocycles. The smallest absolute Gasteiger partial charge is 0.200 e. The van der Waals surface area contributed by atoms with Crippen molar-refractivity contribution in [3.8, 4) is 0 Å². The van der Waals surface area contributed by atoms with Crippen LogP contribution in [0.3, 0.4) is 0 Å². The standard InChI is InChI=1S/C13H9F11/c1-6-7(10(16,17)9(2,14)15)4-3-5-8(6)11(18,19)12(20,21)13(22,23)24/h3-5H,1-2H3. The van der Waals surface area contributed by atoms with Crippen LogP contribution in [0.1, 0.15) is 23.6 Å². The number of rotatable bonds is 4. The summed E-state index contributed by atoms with van der Waals surface area (Å²) in [5.74, 6) is -22.4. The molecule has 0 fully saturated rings. The molecule has 0 heterocycles. The second-order valence-electron chi connectivity index (χ2n) is 5.09. The molecule has 138 valence electrons. The predicted molar refractivity (Wildman–Crippen MR) is 60.6 cm³/mol. The maximum absolute atomic E-state index is 13.7. The molecule has 1 rings (SSSR count). The van der Waals surface area contributed by atoms with Crippen molar-refractivity contribution in [1.29, 1.82) is 0 Å². The van der Waals surface area contributed by atoms with Crippen molar-refractivity contribution in [2.24, 2.45) is 0 Å². The molecule has 0 nitrogen and oxygen atoms in total. The van der Waals surface area contributed by atoms with Crippen molar-refractivity contribution >= 4 is 0 Å². The van der Waals surface area contributed by atoms with Gasteiger partial charge in [-0.3, -0.25) is 0 Å². The number of benzene rings is 1. The van der Waals surface area contributed by atoms with Crippen LogP contribution in [0, 0.1) is 6.92 Å². The monoisotopic (exact) mass is 374 g/mol. The minimum Gasteiger partial charge on any atom is -0.200 e. The summed E-state index contributed by atoms with van der Waals surface area (Å²) in [4.78, 5) is 0. The maximum atomic E-state index is 13.7. The van der Waals surface area contributed by atoms with Crippen LogP contribution in [0.15, 0.2) is 18.2 Å². The molecule has 0 spiro atoms. The lowest BCUT2D eigenvalue weighted by Crippen LogP contribution is -2.50. The van der Waals surface area contributed by atoms with Gasteiger partial charge in [0, 0.05) is 18.1 Å². The number of hydrogen-bond donors (Lipinski definition) is 0. The van der Waals surface area contributed by atoms with Crippen molar-refractivity contribution in [1.82, 2.24) is 0 Å². The largest absolute Gasteiger partial charge is 0.460 e. The fraction of sp³-hybridized carbons (Fsp3) is 0.538. The Balaban J connectivity index is 3.63. The average Bonchev–Trinajstić information content (AvgIpc) is 2.35. The minimum atomic E-state index is -6.68. The summed E-state index contributed by atoms with van der Waals surface area (Å²) >= 11 is 0. The van der Waals surface area contributed by atoms with Crippen LogP contribution in [0.5, 0.6) is 0 Å². The Morgan fingerprint density at radius 1 is 0.667 bits per heavy atom. The first-order chi connectivity index (χ1) is 10.4. The zero-order chi connectivity index (χ0) is 19.4. The van der Waals surface area contributed by atoms with Crippen molar-refractivity contribution in [3.63, 3.8) is 0 Å². The molecule has 0 amide bonds. The minimum absolute atomic E-state index is 0.0440. The normalized spacial score (nSPS) is 14.9. The molecule has 0 radical (unpaired) electrons. The van der Waals surface area contributed by atoms with Crippen molar-refractivity contribution in [3.05, 3.63) is 34.9 Å². The third-order valence-electron chi connectivity index (χ3n) is 3.31. The summed E-state index contributed by atoms with van der Waals surface area (Å²) in [7, 11) is 0. The van der Waals surface area contributed by atoms with Gasteiger partial charge in [-0.25, -0.2) is 0 Å². The molecule has 0 bridgehead atoms. The molecule has 1 aromatic rings. The van der Waals surface area contributed by atoms with Gasteiger partial charge in [0.2, 0.25) is 0 Å². The second-order valence-corrected chi connectivity index (χ2v) is 5.09. The van der Waals surface area contributed by atoms with Crippen LogP contribution in [0.4, 0.5) is 48.3 Å². The molecular weight excluding hydrogens is 365 g/mol. The lowest BCUT2D eigenvalue weighted by atomic mass is 9.90. The lowest BCUT2D eigenvalue weighted by Gasteiger charge is -2.31. The zero-order valence-corrected chi connectivity index (χ0v) is 11.9. The Bertz CT molecular complexity index is 607. The molecule has 0 unspecified atom stereocenters. The molecule has 0 aliphatic heterocycles. The van der Waals surface area contributed by atoms with E-state index in [1.165, 1.54) is 0 Å². The highest BCUT2D eigenvalue weighted by Crippen LogP contribution is 2.54. The van der Waals surface area contributed by atoms with Crippen LogP contribution in [-0.4, -0.2) is 18.0 Å². The fourth-order valence-electron chi connectivity index (χ4n) is 1.90. The molecule has 24 heavy (non-hydrogen) atoms. The average molecular weight is 374 g/mol. The highest BCUT2D eigenvalue weighted by atomic mass is 19.4. The molecule has 1 aromatic carbocycles. The molecule has 0 aromatic heterocycles. The van der Waals surface area contributed by atoms with Crippen LogP contribution in [-0.2, 0) is 11.8 Å². The van der Waals surface area contributed by atoms with E-state index < -0.39 is 46.6 Å². The van der Waals surface area contributed by atoms with Gasteiger partial charge in [-0.05, 0) is 12.5 Å². The van der Waals surface area contributed by atoms with E-state index in [0.29, 0.717) is 6.92 Å². The van der Waals surface area contributed by atoms with Crippen LogP contribution in [0.2, 0.25) is 0 Å². The summed E-state index contributed by atoms with van der Waals surface area (Å²) in [5.41, 5.74) is -5.38. The van der Waals surface area contributed by atoms with Gasteiger partial charge < -0.3 is 0 Å². The molecule has 0 atom stereocenters. The van der Waals surface area contributed by atoms with Gasteiger partial charge in [-0.15, -0.1) is 0 Å². The maximum Gasteiger partial charge on any atom is 0.460 e. The Hall–Kier alpha value is -1.55. The van der Waals surface area contributed by atoms with Gasteiger partial charge in [0.25, 0.3) is 0 Å². The van der Waals surface area contributed by atoms with Crippen LogP contribution in [0.25, 0.3) is 0 Å². The first-order valence-electron chi connectivity index (χ1n) is 6.07. The third kappa shape index (κ3) is 2.92. The van der Waals surface area contributed by atoms with Gasteiger partial charge in [-0.1, -0.05) is 18.2 Å². The Morgan fingerprint density at radius 3 is 1.38 bits per heavy atom. The summed E-state index contributed by atoms with van der Waals surface area (Å²) in [6, 6.07) is 0.568. The van der Waals surface area contributed by atoms with Gasteiger partial charge in [-0.2, -0.15) is 48.3 Å². The predicted octanol–water partition coefficient (Wildman–Crippen LogP) is 6.03. The van der Waals surface area contributed by atoms with Gasteiger partial charge in [0.1, 0.15) is 0 Å². The fourth-order valence-corrected chi connectivity index (χ4v) is 1.90. The molecular formula is C13H9F11. The molecule has 11 heteroatoms. The van der Waals surface area contributed by atoms with E-state index in [2.05, 4.69) is 0 Å². The van der Waals surface area contributed by atoms with E-state index >= 15 is 0 Å². The Morgan fingerprint density at radius 2 is 1.04 bits per heavy atom. The highest BCUT2D eigenvalue weighted by molar-refractivity contribution is 5.41. The van der Waals surface area contributed by atoms with E-state index in [-0.39, 0.29) is 25.1 Å². The van der Waals surface area contributed by atoms with E-state index in [0.717, 1.165) is 0 Å². The summed E-state index contributed by atoms with van der Waals surface area (Å²) < 4.78 is 143. The second kappa shape index (κ2) is 5.48. The number of halogens is 11. The van der Waals surface area contributed by atoms with Crippen LogP contribution < -0.4 is 0 Å². The first kappa shape index (κ1) is 20.5. The summed E-state index contributed by atoms with van der Waals surface area (Å²) in [6.07, 6.45) is -6.68. The lowest BCUT2D eigenvalue weighted by molar-refractivity contribution is -0.359. The topological polar surface area (TPSA) is 0 Å². The van der Waals surface area contributed by atoms with Crippen molar-refractivity contribution < 1.29 is 48.3 Å². The van der Waals surface area contributed by atoms with E-state index in [1.807, 2.05) is 0 Å². The number of hydrogen-bond acceptors (Lipinski definition) is 0. The molecule has 0 aliphatic rings. The van der Waals surface area contributed by atoms with Crippen molar-refractivity contribution in [2.75, 3.05) is 0 Å². The molecule has 0 N–H and O–H groups in total. The van der Waals surface area contributed by atoms with Gasteiger partial charge >= 0.3 is 29.9 Å². The zero-order valence-electron chi connectivity index (χ0n) is 11.9. The van der Waals surface area contributed by atoms with Crippen molar-refractivity contribution in [2.45, 2.75) is 43.7 Å². The third-order valence-corrected chi connectivity index (χ3v) is 3.31. The van der Waals surface area contributed by atoms with E-state index in [1.54, 1.807) is 0 Å². The first-order valence-corrected chi connectivity index (χ1v) is 6.07. The molecule has 0 aliphatic carbocycles. The van der Waals surface area contributed by atoms with E-state index in [4.69, 9.17) is 0 Å². The van der Waals surface area contributed by atoms with Gasteiger partial charge in [0.05, 0.1) is 0 Å². The van der Waals surface area contributed by atoms with E-state index in [9.17, 15) is 48.3 Å². The summed E-state index contributed by atoms with van der Waals surface area (Å²) in [6.45, 7) is 0.0895. The Labute approximate surface area is 128 Å². The van der Waals surface area contributed by atoms with Crippen LogP contribution >= 0.6 is 0 Å². The number of alkyl halides is 11. The quantitative estimate of drug-likeness (QED) is 0.565. The van der Waals surface area contributed by atoms with Gasteiger partial charge in [0.15, 0.2) is 0 Å². The SMILES string of the molecule is Cc1c(C(F)(F)C(C)(F)F)cccc1C(F)(F)C(F)(F)C(F)(F)F. The highest BCUT2D eigenvalue weighted by Gasteiger charge is 2.74. The summed E-state index contributed by atoms with van der Waals surface area (Å²) in [5, 5.41) is 0. The Kier molecular flexibility index (Phi) is 4.68. The molecule has 0 saturated carbocycles.